The lowest BCUT2D eigenvalue weighted by atomic mass is 9.89. The molecule has 38 heavy (non-hydrogen) atoms. The SMILES string of the molecule is Cc1ccc(C(=O)/C(Cc2ccc(OCc3ccccc3)cc2)=C(/C(=O)O)c2ccc3nsnc3c2)cc1. The molecule has 7 heteroatoms. The number of Topliss-reactive ketones (excluding diaryl/α,β-unsaturated/α-hetero) is 1. The molecule has 0 radical (unpaired) electrons. The number of ketones is 1. The zero-order valence-corrected chi connectivity index (χ0v) is 21.4. The minimum Gasteiger partial charge on any atom is -0.489 e. The fourth-order valence-electron chi connectivity index (χ4n) is 4.17. The van der Waals surface area contributed by atoms with Crippen molar-refractivity contribution in [2.45, 2.75) is 20.0 Å². The van der Waals surface area contributed by atoms with Crippen LogP contribution in [0, 0.1) is 6.92 Å². The molecule has 0 aliphatic carbocycles. The number of carboxylic acids is 1. The van der Waals surface area contributed by atoms with Crippen LogP contribution in [0.5, 0.6) is 5.75 Å². The first kappa shape index (κ1) is 25.0. The van der Waals surface area contributed by atoms with Crippen LogP contribution in [0.15, 0.2) is 103 Å². The van der Waals surface area contributed by atoms with E-state index in [9.17, 15) is 14.7 Å². The monoisotopic (exact) mass is 520 g/mol. The van der Waals surface area contributed by atoms with Gasteiger partial charge in [0.1, 0.15) is 23.4 Å². The number of rotatable bonds is 9. The van der Waals surface area contributed by atoms with Crippen molar-refractivity contribution < 1.29 is 19.4 Å². The Morgan fingerprint density at radius 1 is 0.789 bits per heavy atom. The molecule has 0 aliphatic rings. The van der Waals surface area contributed by atoms with Gasteiger partial charge in [-0.3, -0.25) is 4.79 Å². The van der Waals surface area contributed by atoms with Crippen LogP contribution in [0.25, 0.3) is 16.6 Å². The smallest absolute Gasteiger partial charge is 0.336 e. The van der Waals surface area contributed by atoms with Crippen LogP contribution < -0.4 is 4.74 Å². The number of carboxylic acid groups (broad SMARTS) is 1. The van der Waals surface area contributed by atoms with Gasteiger partial charge in [-0.15, -0.1) is 0 Å². The van der Waals surface area contributed by atoms with Crippen LogP contribution in [0.1, 0.15) is 32.6 Å². The fourth-order valence-corrected chi connectivity index (χ4v) is 4.69. The standard InChI is InChI=1S/C31H24N2O4S/c1-20-7-11-23(12-8-20)30(34)26(29(31(35)36)24-13-16-27-28(18-24)33-38-32-27)17-21-9-14-25(15-10-21)37-19-22-5-3-2-4-6-22/h2-16,18H,17,19H2,1H3,(H,35,36)/b29-26+. The highest BCUT2D eigenvalue weighted by molar-refractivity contribution is 7.00. The highest BCUT2D eigenvalue weighted by Gasteiger charge is 2.24. The molecule has 0 amide bonds. The largest absolute Gasteiger partial charge is 0.489 e. The summed E-state index contributed by atoms with van der Waals surface area (Å²) in [6.07, 6.45) is 0.140. The normalized spacial score (nSPS) is 11.7. The molecule has 0 unspecified atom stereocenters. The average molecular weight is 521 g/mol. The number of carbonyl (C=O) groups excluding carboxylic acids is 1. The van der Waals surface area contributed by atoms with Gasteiger partial charge in [0.15, 0.2) is 5.78 Å². The lowest BCUT2D eigenvalue weighted by molar-refractivity contribution is -0.130. The summed E-state index contributed by atoms with van der Waals surface area (Å²) in [6, 6.07) is 29.5. The van der Waals surface area contributed by atoms with E-state index in [1.807, 2.05) is 73.7 Å². The highest BCUT2D eigenvalue weighted by Crippen LogP contribution is 2.28. The molecule has 0 saturated carbocycles. The molecule has 0 spiro atoms. The van der Waals surface area contributed by atoms with Gasteiger partial charge in [0, 0.05) is 17.6 Å². The van der Waals surface area contributed by atoms with E-state index < -0.39 is 5.97 Å². The maximum Gasteiger partial charge on any atom is 0.336 e. The van der Waals surface area contributed by atoms with Gasteiger partial charge in [0.2, 0.25) is 0 Å². The maximum absolute atomic E-state index is 13.7. The van der Waals surface area contributed by atoms with Crippen LogP contribution in [0.4, 0.5) is 0 Å². The molecule has 0 saturated heterocycles. The Morgan fingerprint density at radius 3 is 2.18 bits per heavy atom. The third-order valence-corrected chi connectivity index (χ3v) is 6.76. The number of fused-ring (bicyclic) bond motifs is 1. The predicted molar refractivity (Wildman–Crippen MR) is 148 cm³/mol. The Labute approximate surface area is 224 Å². The van der Waals surface area contributed by atoms with E-state index in [2.05, 4.69) is 8.75 Å². The van der Waals surface area contributed by atoms with Crippen molar-refractivity contribution in [1.82, 2.24) is 8.75 Å². The number of aromatic nitrogens is 2. The van der Waals surface area contributed by atoms with Crippen LogP contribution in [0.3, 0.4) is 0 Å². The number of hydrogen-bond acceptors (Lipinski definition) is 6. The third-order valence-electron chi connectivity index (χ3n) is 6.20. The molecule has 1 heterocycles. The molecule has 6 nitrogen and oxygen atoms in total. The van der Waals surface area contributed by atoms with E-state index in [1.54, 1.807) is 30.3 Å². The van der Waals surface area contributed by atoms with Crippen molar-refractivity contribution in [1.29, 1.82) is 0 Å². The second kappa shape index (κ2) is 11.2. The van der Waals surface area contributed by atoms with Crippen molar-refractivity contribution in [3.8, 4) is 5.75 Å². The Hall–Kier alpha value is -4.62. The summed E-state index contributed by atoms with van der Waals surface area (Å²) in [5.74, 6) is -0.818. The van der Waals surface area contributed by atoms with Gasteiger partial charge in [-0.25, -0.2) is 4.79 Å². The third kappa shape index (κ3) is 5.68. The van der Waals surface area contributed by atoms with E-state index in [-0.39, 0.29) is 23.4 Å². The second-order valence-corrected chi connectivity index (χ2v) is 9.45. The van der Waals surface area contributed by atoms with E-state index in [0.717, 1.165) is 28.4 Å². The molecule has 0 fully saturated rings. The highest BCUT2D eigenvalue weighted by atomic mass is 32.1. The number of aryl methyl sites for hydroxylation is 1. The first-order chi connectivity index (χ1) is 18.5. The number of ether oxygens (including phenoxy) is 1. The van der Waals surface area contributed by atoms with Crippen molar-refractivity contribution in [3.05, 3.63) is 130 Å². The summed E-state index contributed by atoms with van der Waals surface area (Å²) in [5, 5.41) is 10.3. The maximum atomic E-state index is 13.7. The minimum atomic E-state index is -1.18. The first-order valence-electron chi connectivity index (χ1n) is 12.0. The summed E-state index contributed by atoms with van der Waals surface area (Å²) in [6.45, 7) is 2.38. The van der Waals surface area contributed by atoms with Gasteiger partial charge in [-0.1, -0.05) is 78.4 Å². The second-order valence-electron chi connectivity index (χ2n) is 8.92. The molecule has 5 aromatic rings. The van der Waals surface area contributed by atoms with Gasteiger partial charge >= 0.3 is 5.97 Å². The van der Waals surface area contributed by atoms with Gasteiger partial charge in [-0.05, 0) is 47.9 Å². The zero-order valence-electron chi connectivity index (χ0n) is 20.6. The fraction of sp³-hybridized carbons (Fsp3) is 0.0968. The minimum absolute atomic E-state index is 0.0464. The molecule has 0 atom stereocenters. The summed E-state index contributed by atoms with van der Waals surface area (Å²) in [5.41, 5.74) is 5.13. The Morgan fingerprint density at radius 2 is 1.47 bits per heavy atom. The van der Waals surface area contributed by atoms with Crippen LogP contribution in [-0.4, -0.2) is 25.6 Å². The zero-order chi connectivity index (χ0) is 26.5. The molecule has 5 rings (SSSR count). The molecule has 0 aliphatic heterocycles. The number of allylic oxidation sites excluding steroid dienone is 1. The van der Waals surface area contributed by atoms with Crippen LogP contribution in [0.2, 0.25) is 0 Å². The average Bonchev–Trinajstić information content (AvgIpc) is 3.41. The summed E-state index contributed by atoms with van der Waals surface area (Å²) in [7, 11) is 0. The topological polar surface area (TPSA) is 89.4 Å². The van der Waals surface area contributed by atoms with Crippen molar-refractivity contribution in [2.24, 2.45) is 0 Å². The van der Waals surface area contributed by atoms with Crippen molar-refractivity contribution >= 4 is 40.1 Å². The molecular formula is C31H24N2O4S. The number of hydrogen-bond donors (Lipinski definition) is 1. The van der Waals surface area contributed by atoms with Gasteiger partial charge in [-0.2, -0.15) is 8.75 Å². The van der Waals surface area contributed by atoms with Crippen LogP contribution in [-0.2, 0) is 17.8 Å². The molecular weight excluding hydrogens is 496 g/mol. The quantitative estimate of drug-likeness (QED) is 0.175. The summed E-state index contributed by atoms with van der Waals surface area (Å²) < 4.78 is 14.3. The van der Waals surface area contributed by atoms with E-state index >= 15 is 0 Å². The van der Waals surface area contributed by atoms with Gasteiger partial charge in [0.05, 0.1) is 17.3 Å². The first-order valence-corrected chi connectivity index (χ1v) is 12.8. The molecule has 4 aromatic carbocycles. The Bertz CT molecular complexity index is 1620. The number of benzene rings is 4. The lowest BCUT2D eigenvalue weighted by Crippen LogP contribution is -2.14. The van der Waals surface area contributed by atoms with Crippen molar-refractivity contribution in [2.75, 3.05) is 0 Å². The number of aliphatic carboxylic acids is 1. The number of nitrogens with zero attached hydrogens (tertiary/aromatic N) is 2. The molecule has 0 bridgehead atoms. The molecule has 188 valence electrons. The van der Waals surface area contributed by atoms with Crippen molar-refractivity contribution in [3.63, 3.8) is 0 Å². The Kier molecular flexibility index (Phi) is 7.38. The lowest BCUT2D eigenvalue weighted by Gasteiger charge is -2.14. The molecule has 1 aromatic heterocycles. The van der Waals surface area contributed by atoms with Gasteiger partial charge < -0.3 is 9.84 Å². The number of carbonyl (C=O) groups is 2. The Balaban J connectivity index is 1.50. The predicted octanol–water partition coefficient (Wildman–Crippen LogP) is 6.54. The van der Waals surface area contributed by atoms with E-state index in [1.165, 1.54) is 0 Å². The summed E-state index contributed by atoms with van der Waals surface area (Å²) in [4.78, 5) is 26.4. The van der Waals surface area contributed by atoms with E-state index in [0.29, 0.717) is 34.5 Å². The summed E-state index contributed by atoms with van der Waals surface area (Å²) >= 11 is 1.06. The molecule has 1 N–H and O–H groups in total. The van der Waals surface area contributed by atoms with Crippen LogP contribution >= 0.6 is 11.7 Å². The van der Waals surface area contributed by atoms with Gasteiger partial charge in [0.25, 0.3) is 0 Å². The van der Waals surface area contributed by atoms with E-state index in [4.69, 9.17) is 4.74 Å².